The molecule has 0 heterocycles. The maximum Gasteiger partial charge on any atom is 0.321 e. The summed E-state index contributed by atoms with van der Waals surface area (Å²) >= 11 is 5.45. The third kappa shape index (κ3) is 5.14. The molecule has 0 saturated carbocycles. The summed E-state index contributed by atoms with van der Waals surface area (Å²) in [6.45, 7) is 3.17. The van der Waals surface area contributed by atoms with Gasteiger partial charge in [-0.15, -0.1) is 11.6 Å². The van der Waals surface area contributed by atoms with E-state index < -0.39 is 16.0 Å². The molecule has 0 aliphatic heterocycles. The first-order valence-corrected chi connectivity index (χ1v) is 7.11. The van der Waals surface area contributed by atoms with Crippen molar-refractivity contribution in [3.63, 3.8) is 0 Å². The van der Waals surface area contributed by atoms with Gasteiger partial charge in [-0.3, -0.25) is 4.79 Å². The minimum atomic E-state index is -3.44. The molecule has 0 N–H and O–H groups in total. The molecule has 0 saturated heterocycles. The zero-order valence-corrected chi connectivity index (χ0v) is 11.3. The lowest BCUT2D eigenvalue weighted by Crippen LogP contribution is -2.42. The fourth-order valence-electron chi connectivity index (χ4n) is 1.15. The van der Waals surface area contributed by atoms with Gasteiger partial charge in [-0.25, -0.2) is 8.42 Å². The van der Waals surface area contributed by atoms with Gasteiger partial charge in [0.2, 0.25) is 10.0 Å². The number of ether oxygens (including phenoxy) is 1. The van der Waals surface area contributed by atoms with Gasteiger partial charge < -0.3 is 4.74 Å². The van der Waals surface area contributed by atoms with Crippen molar-refractivity contribution in [3.8, 4) is 0 Å². The Labute approximate surface area is 102 Å². The molecule has 0 aromatic heterocycles. The molecule has 5 nitrogen and oxygen atoms in total. The van der Waals surface area contributed by atoms with E-state index in [0.717, 1.165) is 4.31 Å². The maximum atomic E-state index is 11.8. The van der Waals surface area contributed by atoms with Gasteiger partial charge in [0.25, 0.3) is 0 Å². The van der Waals surface area contributed by atoms with Crippen LogP contribution in [0.4, 0.5) is 0 Å². The van der Waals surface area contributed by atoms with E-state index in [4.69, 9.17) is 11.6 Å². The van der Waals surface area contributed by atoms with E-state index in [1.165, 1.54) is 7.11 Å². The van der Waals surface area contributed by atoms with Crippen molar-refractivity contribution in [2.45, 2.75) is 26.3 Å². The molecule has 0 spiro atoms. The van der Waals surface area contributed by atoms with Gasteiger partial charge in [-0.1, -0.05) is 0 Å². The summed E-state index contributed by atoms with van der Waals surface area (Å²) in [5.41, 5.74) is 0. The van der Waals surface area contributed by atoms with E-state index in [0.29, 0.717) is 6.42 Å². The number of halogens is 1. The molecule has 0 aliphatic carbocycles. The number of methoxy groups -OCH3 is 1. The number of carbonyl (C=O) groups excluding carboxylic acids is 1. The number of carbonyl (C=O) groups is 1. The summed E-state index contributed by atoms with van der Waals surface area (Å²) < 4.78 is 29.3. The Bertz CT molecular complexity index is 315. The summed E-state index contributed by atoms with van der Waals surface area (Å²) in [4.78, 5) is 11.1. The predicted molar refractivity (Wildman–Crippen MR) is 63.0 cm³/mol. The fourth-order valence-corrected chi connectivity index (χ4v) is 3.13. The molecule has 7 heteroatoms. The highest BCUT2D eigenvalue weighted by atomic mass is 35.5. The normalized spacial score (nSPS) is 12.1. The molecule has 0 bridgehead atoms. The predicted octanol–water partition coefficient (Wildman–Crippen LogP) is 0.828. The monoisotopic (exact) mass is 271 g/mol. The lowest BCUT2D eigenvalue weighted by Gasteiger charge is -2.24. The maximum absolute atomic E-state index is 11.8. The first kappa shape index (κ1) is 15.7. The van der Waals surface area contributed by atoms with Crippen LogP contribution in [0.2, 0.25) is 0 Å². The van der Waals surface area contributed by atoms with E-state index in [1.807, 2.05) is 0 Å². The SMILES string of the molecule is COC(=O)CN(C(C)C)S(=O)(=O)CCCCl. The van der Waals surface area contributed by atoms with Gasteiger partial charge in [-0.2, -0.15) is 4.31 Å². The largest absolute Gasteiger partial charge is 0.468 e. The smallest absolute Gasteiger partial charge is 0.321 e. The second-order valence-electron chi connectivity index (χ2n) is 3.57. The molecular formula is C9H18ClNO4S. The van der Waals surface area contributed by atoms with Crippen LogP contribution in [0.5, 0.6) is 0 Å². The van der Waals surface area contributed by atoms with Crippen LogP contribution in [0, 0.1) is 0 Å². The molecule has 0 fully saturated rings. The average molecular weight is 272 g/mol. The van der Waals surface area contributed by atoms with Gasteiger partial charge in [-0.05, 0) is 20.3 Å². The van der Waals surface area contributed by atoms with Crippen molar-refractivity contribution in [2.75, 3.05) is 25.3 Å². The van der Waals surface area contributed by atoms with E-state index in [-0.39, 0.29) is 24.2 Å². The molecule has 0 radical (unpaired) electrons. The molecule has 0 amide bonds. The van der Waals surface area contributed by atoms with Crippen LogP contribution in [0.25, 0.3) is 0 Å². The molecule has 0 aromatic rings. The highest BCUT2D eigenvalue weighted by molar-refractivity contribution is 7.89. The van der Waals surface area contributed by atoms with Crippen LogP contribution in [0.3, 0.4) is 0 Å². The summed E-state index contributed by atoms with van der Waals surface area (Å²) in [5, 5.41) is 0. The van der Waals surface area contributed by atoms with E-state index in [1.54, 1.807) is 13.8 Å². The van der Waals surface area contributed by atoms with Crippen LogP contribution in [0.15, 0.2) is 0 Å². The number of hydrogen-bond donors (Lipinski definition) is 0. The zero-order chi connectivity index (χ0) is 12.8. The second kappa shape index (κ2) is 7.09. The average Bonchev–Trinajstić information content (AvgIpc) is 2.21. The first-order chi connectivity index (χ1) is 7.35. The van der Waals surface area contributed by atoms with E-state index in [2.05, 4.69) is 4.74 Å². The molecule has 0 unspecified atom stereocenters. The first-order valence-electron chi connectivity index (χ1n) is 4.97. The Morgan fingerprint density at radius 2 is 2.00 bits per heavy atom. The van der Waals surface area contributed by atoms with Crippen molar-refractivity contribution in [1.29, 1.82) is 0 Å². The van der Waals surface area contributed by atoms with Crippen molar-refractivity contribution in [2.24, 2.45) is 0 Å². The van der Waals surface area contributed by atoms with Gasteiger partial charge in [0.1, 0.15) is 6.54 Å². The fraction of sp³-hybridized carbons (Fsp3) is 0.889. The second-order valence-corrected chi connectivity index (χ2v) is 5.99. The lowest BCUT2D eigenvalue weighted by atomic mass is 10.4. The number of esters is 1. The number of rotatable bonds is 7. The minimum Gasteiger partial charge on any atom is -0.468 e. The third-order valence-corrected chi connectivity index (χ3v) is 4.32. The van der Waals surface area contributed by atoms with Crippen LogP contribution in [-0.2, 0) is 19.6 Å². The van der Waals surface area contributed by atoms with Crippen molar-refractivity contribution >= 4 is 27.6 Å². The van der Waals surface area contributed by atoms with Gasteiger partial charge in [0, 0.05) is 11.9 Å². The van der Waals surface area contributed by atoms with Crippen LogP contribution in [-0.4, -0.2) is 50.0 Å². The Morgan fingerprint density at radius 3 is 2.38 bits per heavy atom. The summed E-state index contributed by atoms with van der Waals surface area (Å²) in [7, 11) is -2.21. The number of sulfonamides is 1. The number of nitrogens with zero attached hydrogens (tertiary/aromatic N) is 1. The van der Waals surface area contributed by atoms with Gasteiger partial charge in [0.15, 0.2) is 0 Å². The summed E-state index contributed by atoms with van der Waals surface area (Å²) in [6.07, 6.45) is 0.369. The molecule has 0 aromatic carbocycles. The van der Waals surface area contributed by atoms with Crippen molar-refractivity contribution < 1.29 is 17.9 Å². The Hall–Kier alpha value is -0.330. The molecule has 96 valence electrons. The number of hydrogen-bond acceptors (Lipinski definition) is 4. The van der Waals surface area contributed by atoms with Gasteiger partial charge in [0.05, 0.1) is 12.9 Å². The van der Waals surface area contributed by atoms with Gasteiger partial charge >= 0.3 is 5.97 Å². The Morgan fingerprint density at radius 1 is 1.44 bits per heavy atom. The van der Waals surface area contributed by atoms with Crippen LogP contribution >= 0.6 is 11.6 Å². The zero-order valence-electron chi connectivity index (χ0n) is 9.77. The lowest BCUT2D eigenvalue weighted by molar-refractivity contribution is -0.141. The standard InChI is InChI=1S/C9H18ClNO4S/c1-8(2)11(7-9(12)15-3)16(13,14)6-4-5-10/h8H,4-7H2,1-3H3. The van der Waals surface area contributed by atoms with Crippen LogP contribution < -0.4 is 0 Å². The number of alkyl halides is 1. The molecular weight excluding hydrogens is 254 g/mol. The minimum absolute atomic E-state index is 0.0499. The summed E-state index contributed by atoms with van der Waals surface area (Å²) in [6, 6.07) is -0.278. The topological polar surface area (TPSA) is 63.7 Å². The quantitative estimate of drug-likeness (QED) is 0.508. The summed E-state index contributed by atoms with van der Waals surface area (Å²) in [5.74, 6) is -0.335. The van der Waals surface area contributed by atoms with Crippen molar-refractivity contribution in [1.82, 2.24) is 4.31 Å². The Kier molecular flexibility index (Phi) is 6.94. The highest BCUT2D eigenvalue weighted by Gasteiger charge is 2.26. The molecule has 0 rings (SSSR count). The van der Waals surface area contributed by atoms with Crippen molar-refractivity contribution in [3.05, 3.63) is 0 Å². The third-order valence-electron chi connectivity index (χ3n) is 1.98. The molecule has 16 heavy (non-hydrogen) atoms. The molecule has 0 aliphatic rings. The Balaban J connectivity index is 4.70. The van der Waals surface area contributed by atoms with E-state index >= 15 is 0 Å². The highest BCUT2D eigenvalue weighted by Crippen LogP contribution is 2.09. The molecule has 0 atom stereocenters. The van der Waals surface area contributed by atoms with Crippen LogP contribution in [0.1, 0.15) is 20.3 Å². The van der Waals surface area contributed by atoms with E-state index in [9.17, 15) is 13.2 Å².